The van der Waals surface area contributed by atoms with E-state index in [-0.39, 0.29) is 11.9 Å². The summed E-state index contributed by atoms with van der Waals surface area (Å²) < 4.78 is 5.15. The molecule has 0 spiro atoms. The fraction of sp³-hybridized carbons (Fsp3) is 0.667. The minimum atomic E-state index is -0.0298. The molecule has 0 aliphatic carbocycles. The van der Waals surface area contributed by atoms with Gasteiger partial charge in [-0.05, 0) is 26.3 Å². The van der Waals surface area contributed by atoms with Crippen molar-refractivity contribution in [1.29, 1.82) is 0 Å². The van der Waals surface area contributed by atoms with Gasteiger partial charge < -0.3 is 14.7 Å². The molecule has 1 aliphatic rings. The maximum Gasteiger partial charge on any atom is 0.240 e. The third-order valence-electron chi connectivity index (χ3n) is 3.00. The lowest BCUT2D eigenvalue weighted by atomic mass is 10.0. The van der Waals surface area contributed by atoms with Gasteiger partial charge in [-0.15, -0.1) is 0 Å². The fourth-order valence-corrected chi connectivity index (χ4v) is 2.21. The summed E-state index contributed by atoms with van der Waals surface area (Å²) in [6, 6.07) is 1.85. The van der Waals surface area contributed by atoms with E-state index in [1.54, 1.807) is 0 Å². The smallest absolute Gasteiger partial charge is 0.240 e. The molecule has 0 bridgehead atoms. The molecule has 5 heteroatoms. The molecule has 2 rings (SSSR count). The molecule has 1 aromatic rings. The van der Waals surface area contributed by atoms with E-state index in [1.165, 1.54) is 0 Å². The van der Waals surface area contributed by atoms with Gasteiger partial charge in [-0.3, -0.25) is 4.79 Å². The Morgan fingerprint density at radius 1 is 1.65 bits per heavy atom. The fourth-order valence-electron chi connectivity index (χ4n) is 2.21. The van der Waals surface area contributed by atoms with Crippen molar-refractivity contribution in [2.24, 2.45) is 0 Å². The summed E-state index contributed by atoms with van der Waals surface area (Å²) in [5.41, 5.74) is 0.854. The van der Waals surface area contributed by atoms with Crippen molar-refractivity contribution in [3.8, 4) is 0 Å². The molecule has 2 heterocycles. The zero-order valence-electron chi connectivity index (χ0n) is 10.4. The van der Waals surface area contributed by atoms with Crippen LogP contribution in [-0.2, 0) is 11.3 Å². The number of amides is 1. The van der Waals surface area contributed by atoms with Gasteiger partial charge in [-0.2, -0.15) is 0 Å². The van der Waals surface area contributed by atoms with Gasteiger partial charge in [0.05, 0.1) is 18.3 Å². The van der Waals surface area contributed by atoms with Gasteiger partial charge in [0.1, 0.15) is 0 Å². The van der Waals surface area contributed by atoms with E-state index in [2.05, 4.69) is 10.5 Å². The van der Waals surface area contributed by atoms with Crippen LogP contribution in [0.15, 0.2) is 10.6 Å². The predicted octanol–water partition coefficient (Wildman–Crippen LogP) is 1.08. The summed E-state index contributed by atoms with van der Waals surface area (Å²) >= 11 is 0. The van der Waals surface area contributed by atoms with E-state index in [1.807, 2.05) is 24.8 Å². The third-order valence-corrected chi connectivity index (χ3v) is 3.00. The van der Waals surface area contributed by atoms with Crippen LogP contribution in [0.1, 0.15) is 31.2 Å². The number of likely N-dealkylation sites (N-methyl/N-ethyl adjacent to an activating group) is 1. The Balaban J connectivity index is 1.98. The van der Waals surface area contributed by atoms with E-state index < -0.39 is 0 Å². The minimum absolute atomic E-state index is 0.0298. The Morgan fingerprint density at radius 3 is 3.12 bits per heavy atom. The molecule has 0 radical (unpaired) electrons. The quantitative estimate of drug-likeness (QED) is 0.851. The number of likely N-dealkylation sites (tertiary alicyclic amines) is 1. The van der Waals surface area contributed by atoms with Gasteiger partial charge in [0.2, 0.25) is 5.91 Å². The van der Waals surface area contributed by atoms with Crippen molar-refractivity contribution in [3.63, 3.8) is 0 Å². The molecule has 0 aromatic carbocycles. The first-order valence-electron chi connectivity index (χ1n) is 6.15. The highest BCUT2D eigenvalue weighted by Gasteiger charge is 2.28. The number of carbonyl (C=O) groups is 1. The Morgan fingerprint density at radius 2 is 2.47 bits per heavy atom. The van der Waals surface area contributed by atoms with Gasteiger partial charge >= 0.3 is 0 Å². The lowest BCUT2D eigenvalue weighted by Gasteiger charge is -2.31. The molecular weight excluding hydrogens is 218 g/mol. The first-order valence-corrected chi connectivity index (χ1v) is 6.15. The summed E-state index contributed by atoms with van der Waals surface area (Å²) in [5, 5.41) is 7.05. The molecule has 1 amide bonds. The van der Waals surface area contributed by atoms with Gasteiger partial charge in [-0.1, -0.05) is 12.1 Å². The number of hydrogen-bond donors (Lipinski definition) is 1. The number of rotatable bonds is 4. The Bertz CT molecular complexity index is 387. The van der Waals surface area contributed by atoms with Crippen molar-refractivity contribution < 1.29 is 9.32 Å². The van der Waals surface area contributed by atoms with Crippen molar-refractivity contribution in [2.45, 2.75) is 39.3 Å². The Labute approximate surface area is 101 Å². The highest BCUT2D eigenvalue weighted by molar-refractivity contribution is 5.82. The van der Waals surface area contributed by atoms with Crippen LogP contribution in [0.4, 0.5) is 0 Å². The third kappa shape index (κ3) is 2.85. The molecule has 94 valence electrons. The number of nitrogens with zero attached hydrogens (tertiary/aromatic N) is 2. The van der Waals surface area contributed by atoms with Gasteiger partial charge in [0, 0.05) is 12.6 Å². The molecule has 5 nitrogen and oxygen atoms in total. The van der Waals surface area contributed by atoms with E-state index in [4.69, 9.17) is 4.52 Å². The van der Waals surface area contributed by atoms with E-state index in [0.717, 1.165) is 37.4 Å². The predicted molar refractivity (Wildman–Crippen MR) is 63.4 cm³/mol. The zero-order chi connectivity index (χ0) is 12.3. The second-order valence-corrected chi connectivity index (χ2v) is 4.45. The second kappa shape index (κ2) is 5.31. The summed E-state index contributed by atoms with van der Waals surface area (Å²) in [6.07, 6.45) is 1.97. The van der Waals surface area contributed by atoms with Crippen LogP contribution < -0.4 is 5.32 Å². The van der Waals surface area contributed by atoms with Crippen molar-refractivity contribution in [1.82, 2.24) is 15.4 Å². The summed E-state index contributed by atoms with van der Waals surface area (Å²) in [5.74, 6) is 0.931. The van der Waals surface area contributed by atoms with Crippen LogP contribution in [0.5, 0.6) is 0 Å². The summed E-state index contributed by atoms with van der Waals surface area (Å²) in [7, 11) is 0. The molecule has 1 aromatic heterocycles. The average Bonchev–Trinajstić information content (AvgIpc) is 2.70. The van der Waals surface area contributed by atoms with Gasteiger partial charge in [-0.25, -0.2) is 0 Å². The monoisotopic (exact) mass is 237 g/mol. The summed E-state index contributed by atoms with van der Waals surface area (Å²) in [4.78, 5) is 14.0. The minimum Gasteiger partial charge on any atom is -0.359 e. The lowest BCUT2D eigenvalue weighted by Crippen LogP contribution is -2.50. The summed E-state index contributed by atoms with van der Waals surface area (Å²) in [6.45, 7) is 6.06. The molecule has 1 unspecified atom stereocenters. The van der Waals surface area contributed by atoms with E-state index in [9.17, 15) is 4.79 Å². The molecule has 1 atom stereocenters. The normalized spacial score (nSPS) is 20.9. The van der Waals surface area contributed by atoms with Gasteiger partial charge in [0.25, 0.3) is 0 Å². The van der Waals surface area contributed by atoms with Crippen molar-refractivity contribution in [2.75, 3.05) is 13.1 Å². The van der Waals surface area contributed by atoms with Gasteiger partial charge in [0.15, 0.2) is 5.76 Å². The topological polar surface area (TPSA) is 58.4 Å². The molecule has 1 aliphatic heterocycles. The molecular formula is C12H19N3O2. The van der Waals surface area contributed by atoms with Crippen LogP contribution in [0.2, 0.25) is 0 Å². The van der Waals surface area contributed by atoms with Crippen molar-refractivity contribution in [3.05, 3.63) is 17.5 Å². The number of carbonyl (C=O) groups excluding carboxylic acids is 1. The van der Waals surface area contributed by atoms with Crippen LogP contribution >= 0.6 is 0 Å². The average molecular weight is 237 g/mol. The first-order chi connectivity index (χ1) is 8.20. The number of nitrogens with one attached hydrogen (secondary N) is 1. The van der Waals surface area contributed by atoms with Crippen LogP contribution in [0, 0.1) is 6.92 Å². The number of aromatic nitrogens is 1. The van der Waals surface area contributed by atoms with Crippen molar-refractivity contribution >= 4 is 5.91 Å². The maximum atomic E-state index is 12.1. The standard InChI is InChI=1S/C12H19N3O2/c1-3-13-11-5-4-6-15(12(11)16)8-10-7-9(2)14-17-10/h7,11,13H,3-6,8H2,1-2H3. The second-order valence-electron chi connectivity index (χ2n) is 4.45. The zero-order valence-corrected chi connectivity index (χ0v) is 10.4. The highest BCUT2D eigenvalue weighted by Crippen LogP contribution is 2.15. The largest absolute Gasteiger partial charge is 0.359 e. The highest BCUT2D eigenvalue weighted by atomic mass is 16.5. The SMILES string of the molecule is CCNC1CCCN(Cc2cc(C)no2)C1=O. The first kappa shape index (κ1) is 12.1. The number of piperidine rings is 1. The Hall–Kier alpha value is -1.36. The molecule has 17 heavy (non-hydrogen) atoms. The number of aryl methyl sites for hydroxylation is 1. The molecule has 1 N–H and O–H groups in total. The van der Waals surface area contributed by atoms with Crippen LogP contribution in [0.25, 0.3) is 0 Å². The molecule has 1 saturated heterocycles. The van der Waals surface area contributed by atoms with Crippen LogP contribution in [0.3, 0.4) is 0 Å². The number of hydrogen-bond acceptors (Lipinski definition) is 4. The van der Waals surface area contributed by atoms with E-state index >= 15 is 0 Å². The molecule has 0 saturated carbocycles. The maximum absolute atomic E-state index is 12.1. The van der Waals surface area contributed by atoms with Crippen LogP contribution in [-0.4, -0.2) is 35.1 Å². The molecule has 1 fully saturated rings. The van der Waals surface area contributed by atoms with E-state index in [0.29, 0.717) is 6.54 Å². The Kier molecular flexibility index (Phi) is 3.78. The lowest BCUT2D eigenvalue weighted by molar-refractivity contribution is -0.136.